The molecule has 0 amide bonds. The Hall–Kier alpha value is -2.48. The molecule has 0 saturated heterocycles. The lowest BCUT2D eigenvalue weighted by Gasteiger charge is -2.10. The van der Waals surface area contributed by atoms with Gasteiger partial charge in [0.25, 0.3) is 0 Å². The fourth-order valence-corrected chi connectivity index (χ4v) is 2.06. The Morgan fingerprint density at radius 1 is 1.17 bits per heavy atom. The van der Waals surface area contributed by atoms with Gasteiger partial charge in [0, 0.05) is 0 Å². The van der Waals surface area contributed by atoms with Crippen LogP contribution in [-0.4, -0.2) is 17.9 Å². The molecule has 0 aliphatic rings. The van der Waals surface area contributed by atoms with Crippen LogP contribution in [0.4, 0.5) is 0 Å². The average Bonchev–Trinajstić information content (AvgIpc) is 2.61. The molecule has 0 spiro atoms. The number of hydrogen-bond acceptors (Lipinski definition) is 4. The van der Waals surface area contributed by atoms with E-state index in [2.05, 4.69) is 6.07 Å². The van der Waals surface area contributed by atoms with Gasteiger partial charge in [0.15, 0.2) is 11.5 Å². The van der Waals surface area contributed by atoms with Gasteiger partial charge in [-0.25, -0.2) is 4.79 Å². The van der Waals surface area contributed by atoms with Gasteiger partial charge in [-0.3, -0.25) is 0 Å². The van der Waals surface area contributed by atoms with Crippen molar-refractivity contribution in [1.29, 1.82) is 5.26 Å². The second kappa shape index (κ2) is 8.39. The zero-order valence-electron chi connectivity index (χ0n) is 12.7. The van der Waals surface area contributed by atoms with Gasteiger partial charge in [0.2, 0.25) is 4.84 Å². The van der Waals surface area contributed by atoms with Crippen LogP contribution < -0.4 is 9.47 Å². The first-order valence-electron chi connectivity index (χ1n) is 6.90. The second-order valence-corrected chi connectivity index (χ2v) is 5.76. The Kier molecular flexibility index (Phi) is 6.25. The van der Waals surface area contributed by atoms with E-state index >= 15 is 0 Å². The van der Waals surface area contributed by atoms with E-state index in [-0.39, 0.29) is 5.75 Å². The maximum absolute atomic E-state index is 11.5. The highest BCUT2D eigenvalue weighted by atomic mass is 35.5. The number of alkyl halides is 2. The topological polar surface area (TPSA) is 59.3 Å². The highest BCUT2D eigenvalue weighted by Crippen LogP contribution is 2.30. The van der Waals surface area contributed by atoms with Crippen LogP contribution in [0.5, 0.6) is 11.5 Å². The van der Waals surface area contributed by atoms with E-state index in [1.807, 2.05) is 30.3 Å². The fourth-order valence-electron chi connectivity index (χ4n) is 1.98. The third kappa shape index (κ3) is 4.51. The highest BCUT2D eigenvalue weighted by molar-refractivity contribution is 6.53. The number of carbonyl (C=O) groups is 1. The molecule has 0 aliphatic heterocycles. The van der Waals surface area contributed by atoms with E-state index in [0.717, 1.165) is 11.1 Å². The molecule has 2 aromatic carbocycles. The number of ether oxygens (including phenoxy) is 2. The molecule has 24 heavy (non-hydrogen) atoms. The van der Waals surface area contributed by atoms with Gasteiger partial charge in [-0.2, -0.15) is 5.26 Å². The van der Waals surface area contributed by atoms with E-state index in [1.165, 1.54) is 7.11 Å². The highest BCUT2D eigenvalue weighted by Gasteiger charge is 2.17. The average molecular weight is 362 g/mol. The molecular formula is C18H13Cl2NO3. The summed E-state index contributed by atoms with van der Waals surface area (Å²) in [6.07, 6.45) is 1.72. The quantitative estimate of drug-likeness (QED) is 0.259. The number of esters is 1. The van der Waals surface area contributed by atoms with Crippen LogP contribution in [0.2, 0.25) is 0 Å². The van der Waals surface area contributed by atoms with Crippen molar-refractivity contribution in [3.05, 3.63) is 59.7 Å². The molecule has 0 unspecified atom stereocenters. The molecular weight excluding hydrogens is 349 g/mol. The Labute approximate surface area is 149 Å². The molecule has 0 aromatic heterocycles. The minimum absolute atomic E-state index is 0.198. The minimum Gasteiger partial charge on any atom is -0.493 e. The Bertz CT molecular complexity index is 796. The van der Waals surface area contributed by atoms with Crippen LogP contribution in [0.1, 0.15) is 11.1 Å². The predicted molar refractivity (Wildman–Crippen MR) is 94.0 cm³/mol. The summed E-state index contributed by atoms with van der Waals surface area (Å²) < 4.78 is 10.3. The van der Waals surface area contributed by atoms with Crippen molar-refractivity contribution >= 4 is 40.8 Å². The molecule has 0 N–H and O–H groups in total. The first-order valence-corrected chi connectivity index (χ1v) is 7.77. The molecule has 0 aliphatic carbocycles. The summed E-state index contributed by atoms with van der Waals surface area (Å²) in [6.45, 7) is 0. The largest absolute Gasteiger partial charge is 0.493 e. The molecule has 2 aromatic rings. The summed E-state index contributed by atoms with van der Waals surface area (Å²) in [7, 11) is 1.45. The Morgan fingerprint density at radius 2 is 1.88 bits per heavy atom. The fraction of sp³-hybridized carbons (Fsp3) is 0.111. The third-order valence-electron chi connectivity index (χ3n) is 3.09. The second-order valence-electron chi connectivity index (χ2n) is 4.67. The lowest BCUT2D eigenvalue weighted by atomic mass is 10.0. The maximum atomic E-state index is 11.5. The molecule has 6 heteroatoms. The lowest BCUT2D eigenvalue weighted by Crippen LogP contribution is -2.16. The summed E-state index contributed by atoms with van der Waals surface area (Å²) in [5.41, 5.74) is 2.03. The van der Waals surface area contributed by atoms with Gasteiger partial charge >= 0.3 is 5.97 Å². The standard InChI is InChI=1S/C18H13Cl2NO3/c1-23-16-10-12(7-8-15(16)24-18(22)17(19)20)9-14(11-21)13-5-3-2-4-6-13/h2-10,17H,1H3/b14-9+. The molecule has 0 saturated carbocycles. The predicted octanol–water partition coefficient (Wildman–Crippen LogP) is 4.47. The van der Waals surface area contributed by atoms with Crippen LogP contribution in [0.3, 0.4) is 0 Å². The summed E-state index contributed by atoms with van der Waals surface area (Å²) in [5.74, 6) is -0.262. The van der Waals surface area contributed by atoms with E-state index in [9.17, 15) is 10.1 Å². The van der Waals surface area contributed by atoms with Crippen molar-refractivity contribution < 1.29 is 14.3 Å². The molecule has 2 rings (SSSR count). The van der Waals surface area contributed by atoms with Crippen molar-refractivity contribution in [3.8, 4) is 17.6 Å². The lowest BCUT2D eigenvalue weighted by molar-refractivity contribution is -0.132. The van der Waals surface area contributed by atoms with Crippen LogP contribution in [-0.2, 0) is 4.79 Å². The van der Waals surface area contributed by atoms with Gasteiger partial charge in [-0.15, -0.1) is 0 Å². The SMILES string of the molecule is COc1cc(/C=C(\C#N)c2ccccc2)ccc1OC(=O)C(Cl)Cl. The number of halogens is 2. The molecule has 0 atom stereocenters. The van der Waals surface area contributed by atoms with Crippen molar-refractivity contribution in [2.75, 3.05) is 7.11 Å². The smallest absolute Gasteiger partial charge is 0.344 e. The van der Waals surface area contributed by atoms with Gasteiger partial charge in [-0.1, -0.05) is 59.6 Å². The molecule has 122 valence electrons. The van der Waals surface area contributed by atoms with Gasteiger partial charge < -0.3 is 9.47 Å². The Morgan fingerprint density at radius 3 is 2.46 bits per heavy atom. The summed E-state index contributed by atoms with van der Waals surface area (Å²) in [5, 5.41) is 9.35. The molecule has 0 fully saturated rings. The van der Waals surface area contributed by atoms with E-state index in [1.54, 1.807) is 24.3 Å². The summed E-state index contributed by atoms with van der Waals surface area (Å²) in [4.78, 5) is 10.2. The van der Waals surface area contributed by atoms with E-state index in [4.69, 9.17) is 32.7 Å². The van der Waals surface area contributed by atoms with Gasteiger partial charge in [0.1, 0.15) is 0 Å². The zero-order chi connectivity index (χ0) is 17.5. The number of nitriles is 1. The normalized spacial score (nSPS) is 11.0. The zero-order valence-corrected chi connectivity index (χ0v) is 14.2. The molecule has 0 bridgehead atoms. The number of methoxy groups -OCH3 is 1. The number of allylic oxidation sites excluding steroid dienone is 1. The van der Waals surface area contributed by atoms with E-state index < -0.39 is 10.8 Å². The van der Waals surface area contributed by atoms with Crippen LogP contribution in [0.15, 0.2) is 48.5 Å². The number of rotatable bonds is 5. The van der Waals surface area contributed by atoms with Crippen molar-refractivity contribution in [3.63, 3.8) is 0 Å². The Balaban J connectivity index is 2.34. The van der Waals surface area contributed by atoms with Crippen molar-refractivity contribution in [2.24, 2.45) is 0 Å². The number of carbonyl (C=O) groups excluding carboxylic acids is 1. The molecule has 0 radical (unpaired) electrons. The van der Waals surface area contributed by atoms with Crippen molar-refractivity contribution in [1.82, 2.24) is 0 Å². The monoisotopic (exact) mass is 361 g/mol. The van der Waals surface area contributed by atoms with Crippen LogP contribution in [0, 0.1) is 11.3 Å². The van der Waals surface area contributed by atoms with Crippen molar-refractivity contribution in [2.45, 2.75) is 4.84 Å². The maximum Gasteiger partial charge on any atom is 0.344 e. The van der Waals surface area contributed by atoms with E-state index in [0.29, 0.717) is 11.3 Å². The first-order chi connectivity index (χ1) is 11.5. The minimum atomic E-state index is -1.28. The van der Waals surface area contributed by atoms with Crippen LogP contribution >= 0.6 is 23.2 Å². The van der Waals surface area contributed by atoms with Crippen LogP contribution in [0.25, 0.3) is 11.6 Å². The number of hydrogen-bond donors (Lipinski definition) is 0. The first kappa shape index (κ1) is 17.9. The third-order valence-corrected chi connectivity index (χ3v) is 3.45. The van der Waals surface area contributed by atoms with Gasteiger partial charge in [0.05, 0.1) is 18.8 Å². The summed E-state index contributed by atoms with van der Waals surface area (Å²) >= 11 is 10.9. The molecule has 4 nitrogen and oxygen atoms in total. The number of nitrogens with zero attached hydrogens (tertiary/aromatic N) is 1. The molecule has 0 heterocycles. The summed E-state index contributed by atoms with van der Waals surface area (Å²) in [6, 6.07) is 16.4. The van der Waals surface area contributed by atoms with Gasteiger partial charge in [-0.05, 0) is 29.3 Å². The number of benzene rings is 2.